The molecule has 0 saturated heterocycles. The van der Waals surface area contributed by atoms with Gasteiger partial charge in [-0.1, -0.05) is 18.2 Å². The minimum atomic E-state index is -0.317. The number of thiophene rings is 1. The van der Waals surface area contributed by atoms with Crippen LogP contribution in [0.3, 0.4) is 0 Å². The Hall–Kier alpha value is -1.33. The third kappa shape index (κ3) is 3.58. The molecule has 0 unspecified atom stereocenters. The third-order valence-corrected chi connectivity index (χ3v) is 4.15. The molecule has 2 aromatic rings. The predicted octanol–water partition coefficient (Wildman–Crippen LogP) is 3.15. The smallest absolute Gasteiger partial charge is 0.221 e. The van der Waals surface area contributed by atoms with Gasteiger partial charge in [0, 0.05) is 27.0 Å². The Morgan fingerprint density at radius 1 is 1.39 bits per heavy atom. The quantitative estimate of drug-likeness (QED) is 0.887. The van der Waals surface area contributed by atoms with Gasteiger partial charge in [0.1, 0.15) is 0 Å². The first-order valence-electron chi connectivity index (χ1n) is 5.48. The fourth-order valence-corrected chi connectivity index (χ4v) is 3.05. The summed E-state index contributed by atoms with van der Waals surface area (Å²) >= 11 is 5.11. The van der Waals surface area contributed by atoms with Crippen LogP contribution in [0.25, 0.3) is 0 Å². The number of carbonyl (C=O) groups excluding carboxylic acids is 1. The normalized spacial score (nSPS) is 10.3. The SMILES string of the molecule is NC(=O)Cc1ccccc1NCc1cc(Br)cs1. The van der Waals surface area contributed by atoms with Crippen LogP contribution in [-0.4, -0.2) is 5.91 Å². The largest absolute Gasteiger partial charge is 0.380 e. The number of rotatable bonds is 5. The Morgan fingerprint density at radius 2 is 2.17 bits per heavy atom. The summed E-state index contributed by atoms with van der Waals surface area (Å²) in [6.45, 7) is 0.742. The Kier molecular flexibility index (Phi) is 4.38. The van der Waals surface area contributed by atoms with Crippen LogP contribution in [0.2, 0.25) is 0 Å². The van der Waals surface area contributed by atoms with Gasteiger partial charge >= 0.3 is 0 Å². The lowest BCUT2D eigenvalue weighted by molar-refractivity contribution is -0.117. The maximum atomic E-state index is 11.0. The van der Waals surface area contributed by atoms with Gasteiger partial charge in [-0.3, -0.25) is 4.79 Å². The first-order chi connectivity index (χ1) is 8.65. The van der Waals surface area contributed by atoms with Crippen molar-refractivity contribution in [3.8, 4) is 0 Å². The highest BCUT2D eigenvalue weighted by Crippen LogP contribution is 2.22. The summed E-state index contributed by atoms with van der Waals surface area (Å²) in [7, 11) is 0. The van der Waals surface area contributed by atoms with E-state index < -0.39 is 0 Å². The van der Waals surface area contributed by atoms with Crippen molar-refractivity contribution in [1.29, 1.82) is 0 Å². The molecular weight excluding hydrogens is 312 g/mol. The zero-order chi connectivity index (χ0) is 13.0. The molecule has 0 saturated carbocycles. The average Bonchev–Trinajstić information content (AvgIpc) is 2.73. The molecule has 0 aliphatic heterocycles. The summed E-state index contributed by atoms with van der Waals surface area (Å²) in [4.78, 5) is 12.2. The Bertz CT molecular complexity index is 553. The molecule has 1 heterocycles. The number of anilines is 1. The number of halogens is 1. The Morgan fingerprint density at radius 3 is 2.83 bits per heavy atom. The number of primary amides is 1. The van der Waals surface area contributed by atoms with Crippen molar-refractivity contribution in [2.45, 2.75) is 13.0 Å². The molecule has 0 bridgehead atoms. The maximum Gasteiger partial charge on any atom is 0.221 e. The van der Waals surface area contributed by atoms with Gasteiger partial charge < -0.3 is 11.1 Å². The van der Waals surface area contributed by atoms with Gasteiger partial charge in [0.2, 0.25) is 5.91 Å². The number of para-hydroxylation sites is 1. The molecule has 0 aliphatic rings. The molecule has 18 heavy (non-hydrogen) atoms. The highest BCUT2D eigenvalue weighted by Gasteiger charge is 2.05. The number of benzene rings is 1. The number of hydrogen-bond donors (Lipinski definition) is 2. The lowest BCUT2D eigenvalue weighted by Crippen LogP contribution is -2.15. The van der Waals surface area contributed by atoms with Crippen LogP contribution in [0.1, 0.15) is 10.4 Å². The molecule has 0 aliphatic carbocycles. The molecule has 94 valence electrons. The second-order valence-electron chi connectivity index (χ2n) is 3.89. The first-order valence-corrected chi connectivity index (χ1v) is 7.15. The highest BCUT2D eigenvalue weighted by molar-refractivity contribution is 9.10. The van der Waals surface area contributed by atoms with Crippen LogP contribution in [0, 0.1) is 0 Å². The number of carbonyl (C=O) groups is 1. The molecule has 1 aromatic heterocycles. The van der Waals surface area contributed by atoms with Gasteiger partial charge in [0.25, 0.3) is 0 Å². The monoisotopic (exact) mass is 324 g/mol. The van der Waals surface area contributed by atoms with E-state index in [1.165, 1.54) is 4.88 Å². The fourth-order valence-electron chi connectivity index (χ4n) is 1.66. The van der Waals surface area contributed by atoms with Gasteiger partial charge in [0.05, 0.1) is 6.42 Å². The van der Waals surface area contributed by atoms with Crippen molar-refractivity contribution in [1.82, 2.24) is 0 Å². The summed E-state index contributed by atoms with van der Waals surface area (Å²) in [6, 6.07) is 9.80. The molecule has 3 nitrogen and oxygen atoms in total. The van der Waals surface area contributed by atoms with Crippen LogP contribution in [0.5, 0.6) is 0 Å². The van der Waals surface area contributed by atoms with Crippen molar-refractivity contribution in [3.63, 3.8) is 0 Å². The fraction of sp³-hybridized carbons (Fsp3) is 0.154. The number of amides is 1. The highest BCUT2D eigenvalue weighted by atomic mass is 79.9. The van der Waals surface area contributed by atoms with Gasteiger partial charge in [-0.15, -0.1) is 11.3 Å². The number of nitrogens with two attached hydrogens (primary N) is 1. The van der Waals surface area contributed by atoms with E-state index in [0.717, 1.165) is 22.3 Å². The Labute approximate surface area is 118 Å². The zero-order valence-corrected chi connectivity index (χ0v) is 12.1. The van der Waals surface area contributed by atoms with Crippen molar-refractivity contribution >= 4 is 38.9 Å². The van der Waals surface area contributed by atoms with E-state index in [9.17, 15) is 4.79 Å². The molecule has 2 rings (SSSR count). The second-order valence-corrected chi connectivity index (χ2v) is 5.80. The van der Waals surface area contributed by atoms with Crippen LogP contribution < -0.4 is 11.1 Å². The molecule has 0 atom stereocenters. The predicted molar refractivity (Wildman–Crippen MR) is 78.7 cm³/mol. The van der Waals surface area contributed by atoms with Crippen molar-refractivity contribution in [2.24, 2.45) is 5.73 Å². The zero-order valence-electron chi connectivity index (χ0n) is 9.65. The molecule has 1 amide bonds. The van der Waals surface area contributed by atoms with Crippen LogP contribution in [-0.2, 0) is 17.8 Å². The van der Waals surface area contributed by atoms with Gasteiger partial charge in [-0.05, 0) is 33.6 Å². The molecular formula is C13H13BrN2OS. The van der Waals surface area contributed by atoms with Crippen molar-refractivity contribution in [2.75, 3.05) is 5.32 Å². The van der Waals surface area contributed by atoms with Gasteiger partial charge in [-0.2, -0.15) is 0 Å². The standard InChI is InChI=1S/C13H13BrN2OS/c14-10-6-11(18-8-10)7-16-12-4-2-1-3-9(12)5-13(15)17/h1-4,6,8,16H,5,7H2,(H2,15,17). The first kappa shape index (κ1) is 13.1. The molecule has 5 heteroatoms. The molecule has 1 aromatic carbocycles. The van der Waals surface area contributed by atoms with Crippen LogP contribution in [0.15, 0.2) is 40.2 Å². The van der Waals surface area contributed by atoms with E-state index >= 15 is 0 Å². The average molecular weight is 325 g/mol. The molecule has 0 spiro atoms. The van der Waals surface area contributed by atoms with E-state index in [1.54, 1.807) is 11.3 Å². The second kappa shape index (κ2) is 6.02. The summed E-state index contributed by atoms with van der Waals surface area (Å²) in [6.07, 6.45) is 0.261. The summed E-state index contributed by atoms with van der Waals surface area (Å²) in [5.74, 6) is -0.317. The van der Waals surface area contributed by atoms with Crippen molar-refractivity contribution in [3.05, 3.63) is 50.6 Å². The van der Waals surface area contributed by atoms with Gasteiger partial charge in [-0.25, -0.2) is 0 Å². The summed E-state index contributed by atoms with van der Waals surface area (Å²) in [5, 5.41) is 5.38. The van der Waals surface area contributed by atoms with Crippen LogP contribution in [0.4, 0.5) is 5.69 Å². The van der Waals surface area contributed by atoms with E-state index in [1.807, 2.05) is 29.6 Å². The molecule has 0 radical (unpaired) electrons. The molecule has 0 fully saturated rings. The van der Waals surface area contributed by atoms with E-state index in [0.29, 0.717) is 0 Å². The summed E-state index contributed by atoms with van der Waals surface area (Å²) < 4.78 is 1.09. The number of nitrogens with one attached hydrogen (secondary N) is 1. The minimum absolute atomic E-state index is 0.261. The van der Waals surface area contributed by atoms with E-state index in [-0.39, 0.29) is 12.3 Å². The van der Waals surface area contributed by atoms with Gasteiger partial charge in [0.15, 0.2) is 0 Å². The minimum Gasteiger partial charge on any atom is -0.380 e. The van der Waals surface area contributed by atoms with E-state index in [4.69, 9.17) is 5.73 Å². The number of hydrogen-bond acceptors (Lipinski definition) is 3. The Balaban J connectivity index is 2.06. The van der Waals surface area contributed by atoms with Crippen LogP contribution >= 0.6 is 27.3 Å². The summed E-state index contributed by atoms with van der Waals surface area (Å²) in [5.41, 5.74) is 7.12. The maximum absolute atomic E-state index is 11.0. The van der Waals surface area contributed by atoms with Crippen molar-refractivity contribution < 1.29 is 4.79 Å². The van der Waals surface area contributed by atoms with E-state index in [2.05, 4.69) is 27.3 Å². The molecule has 3 N–H and O–H groups in total. The third-order valence-electron chi connectivity index (χ3n) is 2.46. The lowest BCUT2D eigenvalue weighted by atomic mass is 10.1. The topological polar surface area (TPSA) is 55.1 Å². The lowest BCUT2D eigenvalue weighted by Gasteiger charge is -2.09.